The van der Waals surface area contributed by atoms with Crippen molar-refractivity contribution in [1.82, 2.24) is 14.7 Å². The second-order valence-electron chi connectivity index (χ2n) is 7.73. The first-order chi connectivity index (χ1) is 16.0. The summed E-state index contributed by atoms with van der Waals surface area (Å²) in [6, 6.07) is 20.9. The molecule has 1 unspecified atom stereocenters. The number of anilines is 1. The molecule has 2 N–H and O–H groups in total. The van der Waals surface area contributed by atoms with Gasteiger partial charge in [-0.1, -0.05) is 25.1 Å². The third kappa shape index (κ3) is 5.81. The SMILES string of the molecule is CCC(=O)Nc1ccc(C(C)NC(=O)c2ccc(SCc3cn4ccccc4n3)cc2)cc1. The third-order valence-electron chi connectivity index (χ3n) is 5.28. The van der Waals surface area contributed by atoms with Crippen LogP contribution >= 0.6 is 11.8 Å². The van der Waals surface area contributed by atoms with Crippen LogP contribution in [0.25, 0.3) is 5.65 Å². The Bertz CT molecular complexity index is 1220. The number of pyridine rings is 1. The minimum absolute atomic E-state index is 0.0240. The normalized spacial score (nSPS) is 11.8. The molecule has 2 heterocycles. The van der Waals surface area contributed by atoms with Crippen LogP contribution in [0.15, 0.2) is 84.0 Å². The number of carbonyl (C=O) groups is 2. The molecule has 4 rings (SSSR count). The van der Waals surface area contributed by atoms with E-state index in [2.05, 4.69) is 15.6 Å². The van der Waals surface area contributed by atoms with Crippen molar-refractivity contribution >= 4 is 34.9 Å². The van der Waals surface area contributed by atoms with Crippen LogP contribution < -0.4 is 10.6 Å². The summed E-state index contributed by atoms with van der Waals surface area (Å²) in [6.07, 6.45) is 4.46. The molecule has 0 saturated heterocycles. The highest BCUT2D eigenvalue weighted by atomic mass is 32.2. The van der Waals surface area contributed by atoms with E-state index in [1.807, 2.05) is 97.4 Å². The average Bonchev–Trinajstić information content (AvgIpc) is 3.26. The number of hydrogen-bond donors (Lipinski definition) is 2. The molecule has 0 bridgehead atoms. The molecular formula is C26H26N4O2S. The van der Waals surface area contributed by atoms with Crippen LogP contribution in [0.4, 0.5) is 5.69 Å². The van der Waals surface area contributed by atoms with Gasteiger partial charge in [0.25, 0.3) is 5.91 Å². The maximum absolute atomic E-state index is 12.7. The van der Waals surface area contributed by atoms with E-state index < -0.39 is 0 Å². The molecule has 2 amide bonds. The minimum Gasteiger partial charge on any atom is -0.346 e. The van der Waals surface area contributed by atoms with Crippen molar-refractivity contribution < 1.29 is 9.59 Å². The van der Waals surface area contributed by atoms with Crippen molar-refractivity contribution in [1.29, 1.82) is 0 Å². The topological polar surface area (TPSA) is 75.5 Å². The molecule has 0 radical (unpaired) electrons. The van der Waals surface area contributed by atoms with Gasteiger partial charge in [-0.25, -0.2) is 4.98 Å². The number of imidazole rings is 1. The van der Waals surface area contributed by atoms with Gasteiger partial charge in [0.15, 0.2) is 0 Å². The van der Waals surface area contributed by atoms with E-state index in [0.717, 1.165) is 33.2 Å². The van der Waals surface area contributed by atoms with Crippen LogP contribution in [0, 0.1) is 0 Å². The number of thioether (sulfide) groups is 1. The Hall–Kier alpha value is -3.58. The molecule has 0 spiro atoms. The highest BCUT2D eigenvalue weighted by molar-refractivity contribution is 7.98. The summed E-state index contributed by atoms with van der Waals surface area (Å²) in [5, 5.41) is 5.85. The van der Waals surface area contributed by atoms with Crippen LogP contribution in [0.3, 0.4) is 0 Å². The number of carbonyl (C=O) groups excluding carboxylic acids is 2. The second-order valence-corrected chi connectivity index (χ2v) is 8.78. The quantitative estimate of drug-likeness (QED) is 0.344. The molecular weight excluding hydrogens is 432 g/mol. The number of hydrogen-bond acceptors (Lipinski definition) is 4. The van der Waals surface area contributed by atoms with Gasteiger partial charge in [-0.15, -0.1) is 11.8 Å². The van der Waals surface area contributed by atoms with E-state index in [4.69, 9.17) is 0 Å². The van der Waals surface area contributed by atoms with E-state index in [0.29, 0.717) is 12.0 Å². The van der Waals surface area contributed by atoms with Crippen molar-refractivity contribution in [3.05, 3.63) is 95.9 Å². The Morgan fingerprint density at radius 1 is 1.03 bits per heavy atom. The second kappa shape index (κ2) is 10.4. The number of aromatic nitrogens is 2. The first kappa shape index (κ1) is 22.6. The maximum Gasteiger partial charge on any atom is 0.251 e. The van der Waals surface area contributed by atoms with Gasteiger partial charge in [-0.2, -0.15) is 0 Å². The van der Waals surface area contributed by atoms with Crippen molar-refractivity contribution in [3.8, 4) is 0 Å². The molecule has 0 aliphatic carbocycles. The zero-order valence-corrected chi connectivity index (χ0v) is 19.4. The summed E-state index contributed by atoms with van der Waals surface area (Å²) in [4.78, 5) is 29.9. The fraction of sp³-hybridized carbons (Fsp3) is 0.192. The molecule has 1 atom stereocenters. The molecule has 4 aromatic rings. The summed E-state index contributed by atoms with van der Waals surface area (Å²) < 4.78 is 2.01. The third-order valence-corrected chi connectivity index (χ3v) is 6.33. The summed E-state index contributed by atoms with van der Waals surface area (Å²) in [5.41, 5.74) is 4.29. The highest BCUT2D eigenvalue weighted by Gasteiger charge is 2.12. The average molecular weight is 459 g/mol. The lowest BCUT2D eigenvalue weighted by Gasteiger charge is -2.15. The largest absolute Gasteiger partial charge is 0.346 e. The first-order valence-corrected chi connectivity index (χ1v) is 11.9. The molecule has 7 heteroatoms. The molecule has 33 heavy (non-hydrogen) atoms. The summed E-state index contributed by atoms with van der Waals surface area (Å²) >= 11 is 1.69. The summed E-state index contributed by atoms with van der Waals surface area (Å²) in [6.45, 7) is 3.75. The standard InChI is InChI=1S/C26H26N4O2S/c1-3-25(31)29-21-11-7-19(8-12-21)18(2)27-26(32)20-9-13-23(14-10-20)33-17-22-16-30-15-5-4-6-24(30)28-22/h4-16,18H,3,17H2,1-2H3,(H,27,32)(H,29,31). The number of amides is 2. The van der Waals surface area contributed by atoms with Crippen LogP contribution in [0.2, 0.25) is 0 Å². The van der Waals surface area contributed by atoms with Gasteiger partial charge in [-0.05, 0) is 61.0 Å². The molecule has 6 nitrogen and oxygen atoms in total. The Morgan fingerprint density at radius 3 is 2.48 bits per heavy atom. The van der Waals surface area contributed by atoms with Gasteiger partial charge in [-0.3, -0.25) is 9.59 Å². The molecule has 0 aliphatic heterocycles. The number of fused-ring (bicyclic) bond motifs is 1. The molecule has 2 aromatic heterocycles. The van der Waals surface area contributed by atoms with Gasteiger partial charge in [0.05, 0.1) is 11.7 Å². The Labute approximate surface area is 197 Å². The first-order valence-electron chi connectivity index (χ1n) is 10.9. The van der Waals surface area contributed by atoms with Gasteiger partial charge in [0.1, 0.15) is 5.65 Å². The number of rotatable bonds is 8. The summed E-state index contributed by atoms with van der Waals surface area (Å²) in [7, 11) is 0. The lowest BCUT2D eigenvalue weighted by Crippen LogP contribution is -2.26. The summed E-state index contributed by atoms with van der Waals surface area (Å²) in [5.74, 6) is 0.616. The van der Waals surface area contributed by atoms with Gasteiger partial charge in [0, 0.05) is 40.7 Å². The lowest BCUT2D eigenvalue weighted by atomic mass is 10.1. The predicted molar refractivity (Wildman–Crippen MR) is 132 cm³/mol. The molecule has 2 aromatic carbocycles. The number of benzene rings is 2. The van der Waals surface area contributed by atoms with Crippen LogP contribution in [-0.4, -0.2) is 21.2 Å². The van der Waals surface area contributed by atoms with E-state index in [-0.39, 0.29) is 17.9 Å². The highest BCUT2D eigenvalue weighted by Crippen LogP contribution is 2.23. The van der Waals surface area contributed by atoms with Crippen molar-refractivity contribution in [2.45, 2.75) is 37.0 Å². The van der Waals surface area contributed by atoms with Crippen LogP contribution in [0.1, 0.15) is 47.9 Å². The maximum atomic E-state index is 12.7. The fourth-order valence-corrected chi connectivity index (χ4v) is 4.17. The van der Waals surface area contributed by atoms with E-state index in [1.165, 1.54) is 0 Å². The number of nitrogens with zero attached hydrogens (tertiary/aromatic N) is 2. The Kier molecular flexibility index (Phi) is 7.10. The van der Waals surface area contributed by atoms with Gasteiger partial charge >= 0.3 is 0 Å². The lowest BCUT2D eigenvalue weighted by molar-refractivity contribution is -0.115. The predicted octanol–water partition coefficient (Wildman–Crippen LogP) is 5.47. The van der Waals surface area contributed by atoms with Gasteiger partial charge < -0.3 is 15.0 Å². The van der Waals surface area contributed by atoms with E-state index in [9.17, 15) is 9.59 Å². The monoisotopic (exact) mass is 458 g/mol. The van der Waals surface area contributed by atoms with Crippen LogP contribution in [0.5, 0.6) is 0 Å². The van der Waals surface area contributed by atoms with Crippen molar-refractivity contribution in [2.75, 3.05) is 5.32 Å². The molecule has 0 fully saturated rings. The van der Waals surface area contributed by atoms with Crippen LogP contribution in [-0.2, 0) is 10.5 Å². The molecule has 0 aliphatic rings. The fourth-order valence-electron chi connectivity index (χ4n) is 3.38. The van der Waals surface area contributed by atoms with Crippen molar-refractivity contribution in [3.63, 3.8) is 0 Å². The van der Waals surface area contributed by atoms with Gasteiger partial charge in [0.2, 0.25) is 5.91 Å². The zero-order valence-electron chi connectivity index (χ0n) is 18.6. The zero-order chi connectivity index (χ0) is 23.2. The minimum atomic E-state index is -0.155. The van der Waals surface area contributed by atoms with E-state index >= 15 is 0 Å². The Morgan fingerprint density at radius 2 is 1.79 bits per heavy atom. The smallest absolute Gasteiger partial charge is 0.251 e. The molecule has 0 saturated carbocycles. The Balaban J connectivity index is 1.31. The molecule has 168 valence electrons. The number of nitrogens with one attached hydrogen (secondary N) is 2. The van der Waals surface area contributed by atoms with E-state index in [1.54, 1.807) is 11.8 Å². The van der Waals surface area contributed by atoms with Crippen molar-refractivity contribution in [2.24, 2.45) is 0 Å².